The van der Waals surface area contributed by atoms with E-state index in [0.29, 0.717) is 0 Å². The SMILES string of the molecule is CC(=O)O[C@@H]1[C@@H](OC(C)=O)[C@@H](Oc2cc(F)cnc2Cl)SC[C@H]1OC(C)=O. The second kappa shape index (κ2) is 9.23. The van der Waals surface area contributed by atoms with Crippen molar-refractivity contribution in [2.24, 2.45) is 0 Å². The number of pyridine rings is 1. The minimum absolute atomic E-state index is 0.0705. The summed E-state index contributed by atoms with van der Waals surface area (Å²) in [6.45, 7) is 3.54. The smallest absolute Gasteiger partial charge is 0.303 e. The van der Waals surface area contributed by atoms with Crippen LogP contribution in [0.4, 0.5) is 4.39 Å². The van der Waals surface area contributed by atoms with E-state index in [9.17, 15) is 18.8 Å². The minimum Gasteiger partial charge on any atom is -0.472 e. The Labute approximate surface area is 163 Å². The van der Waals surface area contributed by atoms with E-state index in [-0.39, 0.29) is 16.7 Å². The lowest BCUT2D eigenvalue weighted by atomic mass is 10.1. The third-order valence-corrected chi connectivity index (χ3v) is 4.82. The topological polar surface area (TPSA) is 101 Å². The lowest BCUT2D eigenvalue weighted by molar-refractivity contribution is -0.186. The highest BCUT2D eigenvalue weighted by atomic mass is 35.5. The Morgan fingerprint density at radius 3 is 2.30 bits per heavy atom. The maximum absolute atomic E-state index is 13.4. The van der Waals surface area contributed by atoms with Gasteiger partial charge in [-0.3, -0.25) is 14.4 Å². The Morgan fingerprint density at radius 1 is 1.11 bits per heavy atom. The van der Waals surface area contributed by atoms with E-state index in [1.165, 1.54) is 20.8 Å². The normalized spacial score (nSPS) is 24.6. The van der Waals surface area contributed by atoms with Gasteiger partial charge in [-0.25, -0.2) is 9.37 Å². The first-order chi connectivity index (χ1) is 12.7. The Morgan fingerprint density at radius 2 is 1.70 bits per heavy atom. The maximum atomic E-state index is 13.4. The van der Waals surface area contributed by atoms with E-state index >= 15 is 0 Å². The monoisotopic (exact) mass is 421 g/mol. The van der Waals surface area contributed by atoms with Gasteiger partial charge in [0.05, 0.1) is 6.20 Å². The Kier molecular flexibility index (Phi) is 7.25. The molecule has 0 spiro atoms. The molecule has 148 valence electrons. The molecule has 1 aliphatic rings. The van der Waals surface area contributed by atoms with Gasteiger partial charge >= 0.3 is 17.9 Å². The van der Waals surface area contributed by atoms with E-state index in [4.69, 9.17) is 30.5 Å². The van der Waals surface area contributed by atoms with Crippen LogP contribution >= 0.6 is 23.4 Å². The van der Waals surface area contributed by atoms with Crippen molar-refractivity contribution in [3.05, 3.63) is 23.2 Å². The number of esters is 3. The number of carbonyl (C=O) groups excluding carboxylic acids is 3. The van der Waals surface area contributed by atoms with Crippen molar-refractivity contribution in [1.82, 2.24) is 4.98 Å². The van der Waals surface area contributed by atoms with Gasteiger partial charge in [0.25, 0.3) is 0 Å². The predicted octanol–water partition coefficient (Wildman–Crippen LogP) is 2.12. The lowest BCUT2D eigenvalue weighted by Gasteiger charge is -2.39. The molecule has 0 saturated carbocycles. The highest BCUT2D eigenvalue weighted by Crippen LogP contribution is 2.35. The van der Waals surface area contributed by atoms with E-state index in [1.54, 1.807) is 0 Å². The summed E-state index contributed by atoms with van der Waals surface area (Å²) in [7, 11) is 0. The van der Waals surface area contributed by atoms with Crippen molar-refractivity contribution < 1.29 is 37.7 Å². The Balaban J connectivity index is 2.32. The zero-order valence-electron chi connectivity index (χ0n) is 14.6. The van der Waals surface area contributed by atoms with Crippen LogP contribution in [0.15, 0.2) is 12.3 Å². The molecule has 1 aliphatic heterocycles. The zero-order valence-corrected chi connectivity index (χ0v) is 16.2. The van der Waals surface area contributed by atoms with Crippen LogP contribution in [-0.2, 0) is 28.6 Å². The molecular weight excluding hydrogens is 405 g/mol. The molecule has 0 radical (unpaired) electrons. The molecule has 11 heteroatoms. The molecule has 1 aromatic heterocycles. The molecular formula is C16H17ClFNO7S. The molecule has 4 atom stereocenters. The fraction of sp³-hybridized carbons (Fsp3) is 0.500. The van der Waals surface area contributed by atoms with Gasteiger partial charge in [0.2, 0.25) is 0 Å². The molecule has 1 fully saturated rings. The highest BCUT2D eigenvalue weighted by Gasteiger charge is 2.47. The first-order valence-corrected chi connectivity index (χ1v) is 9.21. The fourth-order valence-electron chi connectivity index (χ4n) is 2.42. The van der Waals surface area contributed by atoms with Crippen molar-refractivity contribution in [2.75, 3.05) is 5.75 Å². The van der Waals surface area contributed by atoms with Crippen LogP contribution in [0.1, 0.15) is 20.8 Å². The number of halogens is 2. The molecule has 8 nitrogen and oxygen atoms in total. The molecule has 2 heterocycles. The molecule has 0 aliphatic carbocycles. The molecule has 1 saturated heterocycles. The second-order valence-corrected chi connectivity index (χ2v) is 7.05. The summed E-state index contributed by atoms with van der Waals surface area (Å²) in [4.78, 5) is 38.1. The molecule has 1 aromatic rings. The number of hydrogen-bond donors (Lipinski definition) is 0. The van der Waals surface area contributed by atoms with Gasteiger partial charge in [-0.2, -0.15) is 0 Å². The van der Waals surface area contributed by atoms with Crippen LogP contribution in [0, 0.1) is 5.82 Å². The number of ether oxygens (including phenoxy) is 4. The molecule has 0 amide bonds. The molecule has 0 unspecified atom stereocenters. The summed E-state index contributed by atoms with van der Waals surface area (Å²) in [6.07, 6.45) is -2.18. The average Bonchev–Trinajstić information content (AvgIpc) is 2.55. The van der Waals surface area contributed by atoms with Crippen molar-refractivity contribution in [1.29, 1.82) is 0 Å². The Bertz CT molecular complexity index is 735. The minimum atomic E-state index is -1.13. The number of aromatic nitrogens is 1. The standard InChI is InChI=1S/C16H17ClFNO7S/c1-7(20)23-12-6-27-16(26-11-4-10(18)5-19-15(11)17)14(25-9(3)22)13(12)24-8(2)21/h4-5,12-14,16H,6H2,1-3H3/t12-,13+,14-,16+/m1/s1. The first-order valence-electron chi connectivity index (χ1n) is 7.78. The zero-order chi connectivity index (χ0) is 20.1. The third kappa shape index (κ3) is 5.96. The summed E-state index contributed by atoms with van der Waals surface area (Å²) in [5, 5.41) is -0.0929. The third-order valence-electron chi connectivity index (χ3n) is 3.32. The van der Waals surface area contributed by atoms with Crippen molar-refractivity contribution in [3.63, 3.8) is 0 Å². The van der Waals surface area contributed by atoms with E-state index < -0.39 is 47.5 Å². The van der Waals surface area contributed by atoms with Crippen LogP contribution < -0.4 is 4.74 Å². The maximum Gasteiger partial charge on any atom is 0.303 e. The Hall–Kier alpha value is -2.07. The molecule has 0 N–H and O–H groups in total. The number of nitrogens with zero attached hydrogens (tertiary/aromatic N) is 1. The van der Waals surface area contributed by atoms with Crippen LogP contribution in [0.5, 0.6) is 5.75 Å². The average molecular weight is 422 g/mol. The number of rotatable bonds is 5. The van der Waals surface area contributed by atoms with Crippen molar-refractivity contribution in [2.45, 2.75) is 44.5 Å². The van der Waals surface area contributed by atoms with E-state index in [0.717, 1.165) is 24.0 Å². The molecule has 2 rings (SSSR count). The highest BCUT2D eigenvalue weighted by molar-refractivity contribution is 7.99. The summed E-state index contributed by atoms with van der Waals surface area (Å²) >= 11 is 7.04. The summed E-state index contributed by atoms with van der Waals surface area (Å²) in [6, 6.07) is 1.03. The van der Waals surface area contributed by atoms with Crippen LogP contribution in [0.3, 0.4) is 0 Å². The molecule has 0 aromatic carbocycles. The van der Waals surface area contributed by atoms with E-state index in [2.05, 4.69) is 4.98 Å². The van der Waals surface area contributed by atoms with Gasteiger partial charge in [-0.1, -0.05) is 11.6 Å². The van der Waals surface area contributed by atoms with Gasteiger partial charge in [0.1, 0.15) is 5.82 Å². The summed E-state index contributed by atoms with van der Waals surface area (Å²) in [5.41, 5.74) is -0.911. The fourth-order valence-corrected chi connectivity index (χ4v) is 3.78. The first kappa shape index (κ1) is 21.2. The van der Waals surface area contributed by atoms with Crippen LogP contribution in [0.25, 0.3) is 0 Å². The van der Waals surface area contributed by atoms with Crippen molar-refractivity contribution >= 4 is 41.3 Å². The van der Waals surface area contributed by atoms with Gasteiger partial charge in [0, 0.05) is 32.6 Å². The second-order valence-electron chi connectivity index (χ2n) is 5.56. The van der Waals surface area contributed by atoms with Crippen molar-refractivity contribution in [3.8, 4) is 5.75 Å². The van der Waals surface area contributed by atoms with Gasteiger partial charge in [-0.05, 0) is 0 Å². The predicted molar refractivity (Wildman–Crippen MR) is 92.7 cm³/mol. The number of thioether (sulfide) groups is 1. The number of hydrogen-bond acceptors (Lipinski definition) is 9. The van der Waals surface area contributed by atoms with Gasteiger partial charge < -0.3 is 18.9 Å². The summed E-state index contributed by atoms with van der Waals surface area (Å²) < 4.78 is 34.8. The number of carbonyl (C=O) groups is 3. The van der Waals surface area contributed by atoms with Gasteiger partial charge in [-0.15, -0.1) is 11.8 Å². The molecule has 27 heavy (non-hydrogen) atoms. The summed E-state index contributed by atoms with van der Waals surface area (Å²) in [5.74, 6) is -2.48. The van der Waals surface area contributed by atoms with Gasteiger partial charge in [0.15, 0.2) is 34.7 Å². The largest absolute Gasteiger partial charge is 0.472 e. The quantitative estimate of drug-likeness (QED) is 0.402. The lowest BCUT2D eigenvalue weighted by Crippen LogP contribution is -2.55. The van der Waals surface area contributed by atoms with Crippen LogP contribution in [0.2, 0.25) is 5.15 Å². The molecule has 0 bridgehead atoms. The van der Waals surface area contributed by atoms with E-state index in [1.807, 2.05) is 0 Å². The van der Waals surface area contributed by atoms with Crippen LogP contribution in [-0.4, -0.2) is 52.4 Å².